The van der Waals surface area contributed by atoms with Gasteiger partial charge in [-0.05, 0) is 78.2 Å². The number of rotatable bonds is 23. The first-order valence-electron chi connectivity index (χ1n) is 14.1. The van der Waals surface area contributed by atoms with Gasteiger partial charge in [0.1, 0.15) is 0 Å². The van der Waals surface area contributed by atoms with E-state index in [4.69, 9.17) is 14.6 Å². The molecule has 0 spiro atoms. The molecule has 0 aromatic carbocycles. The van der Waals surface area contributed by atoms with Crippen LogP contribution in [0.2, 0.25) is 12.6 Å². The average molecular weight is 501 g/mol. The Hall–Kier alpha value is -0.693. The molecule has 0 aromatic rings. The van der Waals surface area contributed by atoms with Crippen LogP contribution in [0.15, 0.2) is 12.2 Å². The summed E-state index contributed by atoms with van der Waals surface area (Å²) in [5.41, 5.74) is 5.10. The second kappa shape index (κ2) is 26.9. The van der Waals surface area contributed by atoms with Gasteiger partial charge in [-0.3, -0.25) is 4.79 Å². The number of nitrogens with zero attached hydrogens (tertiary/aromatic N) is 1. The van der Waals surface area contributed by atoms with Gasteiger partial charge in [0.15, 0.2) is 0 Å². The highest BCUT2D eigenvalue weighted by molar-refractivity contribution is 6.65. The van der Waals surface area contributed by atoms with Crippen LogP contribution in [0.25, 0.3) is 0 Å². The number of nitrogens with two attached hydrogens (primary N) is 1. The minimum Gasteiger partial charge on any atom is -0.398 e. The number of allylic oxidation sites excluding steroid dienone is 2. The van der Waals surface area contributed by atoms with Crippen molar-refractivity contribution in [3.05, 3.63) is 12.2 Å². The first-order valence-corrected chi connectivity index (χ1v) is 16.6. The lowest BCUT2D eigenvalue weighted by Crippen LogP contribution is -2.38. The number of carbonyl (C=O) groups excluding carboxylic acids is 1. The molecule has 0 bridgehead atoms. The zero-order valence-corrected chi connectivity index (χ0v) is 24.8. The Morgan fingerprint density at radius 2 is 1.35 bits per heavy atom. The van der Waals surface area contributed by atoms with Crippen molar-refractivity contribution in [1.82, 2.24) is 4.90 Å². The fourth-order valence-electron chi connectivity index (χ4n) is 3.64. The summed E-state index contributed by atoms with van der Waals surface area (Å²) in [6.45, 7) is 8.49. The summed E-state index contributed by atoms with van der Waals surface area (Å²) in [6, 6.07) is 1.08. The van der Waals surface area contributed by atoms with Crippen molar-refractivity contribution >= 4 is 14.5 Å². The molecule has 0 radical (unpaired) electrons. The van der Waals surface area contributed by atoms with Gasteiger partial charge in [-0.2, -0.15) is 0 Å². The fourth-order valence-corrected chi connectivity index (χ4v) is 5.54. The lowest BCUT2D eigenvalue weighted by molar-refractivity contribution is -0.118. The molecule has 1 atom stereocenters. The summed E-state index contributed by atoms with van der Waals surface area (Å²) < 4.78 is 11.3. The van der Waals surface area contributed by atoms with Crippen LogP contribution in [0.3, 0.4) is 0 Å². The second-order valence-corrected chi connectivity index (χ2v) is 13.4. The quantitative estimate of drug-likeness (QED) is 0.0891. The molecule has 5 nitrogen and oxygen atoms in total. The number of amides is 1. The van der Waals surface area contributed by atoms with Crippen LogP contribution >= 0.6 is 0 Å². The van der Waals surface area contributed by atoms with Crippen LogP contribution in [0.5, 0.6) is 0 Å². The third-order valence-electron chi connectivity index (χ3n) is 5.96. The third kappa shape index (κ3) is 29.3. The fraction of sp³-hybridized carbons (Fsp3) is 0.893. The number of carbonyl (C=O) groups is 1. The van der Waals surface area contributed by atoms with E-state index in [0.717, 1.165) is 44.9 Å². The van der Waals surface area contributed by atoms with Crippen LogP contribution in [0.1, 0.15) is 117 Å². The van der Waals surface area contributed by atoms with Gasteiger partial charge in [0.05, 0.1) is 0 Å². The zero-order valence-electron chi connectivity index (χ0n) is 23.8. The normalized spacial score (nSPS) is 13.1. The summed E-state index contributed by atoms with van der Waals surface area (Å²) in [7, 11) is 4.13. The topological polar surface area (TPSA) is 64.8 Å². The highest BCUT2D eigenvalue weighted by Gasteiger charge is 2.29. The Kier molecular flexibility index (Phi) is 28.1. The Morgan fingerprint density at radius 1 is 0.824 bits per heavy atom. The second-order valence-electron chi connectivity index (χ2n) is 9.89. The molecule has 0 aliphatic carbocycles. The van der Waals surface area contributed by atoms with Crippen molar-refractivity contribution in [2.45, 2.75) is 129 Å². The average Bonchev–Trinajstić information content (AvgIpc) is 2.80. The lowest BCUT2D eigenvalue weighted by Gasteiger charge is -2.25. The van der Waals surface area contributed by atoms with Crippen molar-refractivity contribution in [3.8, 4) is 0 Å². The van der Waals surface area contributed by atoms with Gasteiger partial charge in [-0.25, -0.2) is 0 Å². The SMILES string of the molecule is CCCCCCCC/C=C\CCCCCCCC(N)=O.CCCO[Si](C)(CCCN(C)C)OC. The van der Waals surface area contributed by atoms with Gasteiger partial charge in [0.2, 0.25) is 5.91 Å². The zero-order chi connectivity index (χ0) is 25.9. The van der Waals surface area contributed by atoms with E-state index in [1.807, 2.05) is 0 Å². The minimum atomic E-state index is -1.84. The number of hydrogen-bond donors (Lipinski definition) is 1. The smallest absolute Gasteiger partial charge is 0.334 e. The monoisotopic (exact) mass is 500 g/mol. The number of unbranched alkanes of at least 4 members (excludes halogenated alkanes) is 11. The van der Waals surface area contributed by atoms with E-state index in [9.17, 15) is 4.79 Å². The van der Waals surface area contributed by atoms with E-state index >= 15 is 0 Å². The maximum Gasteiger partial charge on any atom is 0.334 e. The third-order valence-corrected chi connectivity index (χ3v) is 8.90. The molecule has 0 aliphatic heterocycles. The van der Waals surface area contributed by atoms with E-state index in [0.29, 0.717) is 6.42 Å². The summed E-state index contributed by atoms with van der Waals surface area (Å²) in [5.74, 6) is -0.164. The maximum atomic E-state index is 10.5. The molecule has 0 saturated carbocycles. The molecule has 34 heavy (non-hydrogen) atoms. The van der Waals surface area contributed by atoms with Crippen molar-refractivity contribution in [1.29, 1.82) is 0 Å². The Morgan fingerprint density at radius 3 is 1.82 bits per heavy atom. The molecular weight excluding hydrogens is 440 g/mol. The molecule has 0 heterocycles. The highest BCUT2D eigenvalue weighted by Crippen LogP contribution is 2.15. The summed E-state index contributed by atoms with van der Waals surface area (Å²) in [4.78, 5) is 12.7. The Balaban J connectivity index is 0. The minimum absolute atomic E-state index is 0.164. The molecule has 0 rings (SSSR count). The first-order chi connectivity index (χ1) is 16.3. The summed E-state index contributed by atoms with van der Waals surface area (Å²) in [5, 5.41) is 0. The number of hydrogen-bond acceptors (Lipinski definition) is 4. The molecule has 1 amide bonds. The van der Waals surface area contributed by atoms with Crippen LogP contribution in [0.4, 0.5) is 0 Å². The first kappa shape index (κ1) is 35.5. The van der Waals surface area contributed by atoms with Crippen LogP contribution in [0, 0.1) is 0 Å². The lowest BCUT2D eigenvalue weighted by atomic mass is 10.1. The van der Waals surface area contributed by atoms with E-state index in [2.05, 4.69) is 51.5 Å². The van der Waals surface area contributed by atoms with Crippen LogP contribution in [-0.4, -0.2) is 53.7 Å². The maximum absolute atomic E-state index is 10.5. The standard InChI is InChI=1S/C18H35NO.C10H25NO2Si/c1-2-3-4-5-6-7-8-9-10-11-12-13-14-15-16-17-18(19)20;1-6-9-13-14(5,12-4)10-7-8-11(2)3/h9-10H,2-8,11-17H2,1H3,(H2,19,20);6-10H2,1-5H3/b10-9-;. The molecular formula is C28H60N2O3Si. The van der Waals surface area contributed by atoms with Crippen LogP contribution < -0.4 is 5.73 Å². The van der Waals surface area contributed by atoms with Gasteiger partial charge in [-0.1, -0.05) is 77.4 Å². The Labute approximate surface area is 214 Å². The van der Waals surface area contributed by atoms with Crippen molar-refractivity contribution in [3.63, 3.8) is 0 Å². The Bertz CT molecular complexity index is 461. The van der Waals surface area contributed by atoms with Crippen molar-refractivity contribution in [2.75, 3.05) is 34.4 Å². The van der Waals surface area contributed by atoms with Gasteiger partial charge >= 0.3 is 8.56 Å². The van der Waals surface area contributed by atoms with Crippen molar-refractivity contribution in [2.24, 2.45) is 5.73 Å². The van der Waals surface area contributed by atoms with Gasteiger partial charge in [-0.15, -0.1) is 0 Å². The van der Waals surface area contributed by atoms with E-state index in [1.54, 1.807) is 7.11 Å². The molecule has 0 aromatic heterocycles. The van der Waals surface area contributed by atoms with Gasteiger partial charge in [0.25, 0.3) is 0 Å². The van der Waals surface area contributed by atoms with E-state index in [-0.39, 0.29) is 5.91 Å². The van der Waals surface area contributed by atoms with E-state index in [1.165, 1.54) is 70.6 Å². The molecule has 204 valence electrons. The molecule has 6 heteroatoms. The largest absolute Gasteiger partial charge is 0.398 e. The van der Waals surface area contributed by atoms with Gasteiger partial charge in [0, 0.05) is 20.1 Å². The van der Waals surface area contributed by atoms with Gasteiger partial charge < -0.3 is 19.5 Å². The highest BCUT2D eigenvalue weighted by atomic mass is 28.4. The molecule has 1 unspecified atom stereocenters. The summed E-state index contributed by atoms with van der Waals surface area (Å²) in [6.07, 6.45) is 24.2. The summed E-state index contributed by atoms with van der Waals surface area (Å²) >= 11 is 0. The van der Waals surface area contributed by atoms with Crippen molar-refractivity contribution < 1.29 is 13.6 Å². The predicted octanol–water partition coefficient (Wildman–Crippen LogP) is 7.59. The molecule has 0 aliphatic rings. The molecule has 0 saturated heterocycles. The predicted molar refractivity (Wildman–Crippen MR) is 151 cm³/mol. The molecule has 0 fully saturated rings. The number of primary amides is 1. The molecule has 2 N–H and O–H groups in total. The van der Waals surface area contributed by atoms with E-state index < -0.39 is 8.56 Å². The van der Waals surface area contributed by atoms with Crippen LogP contribution in [-0.2, 0) is 13.6 Å².